The Balaban J connectivity index is 1.49. The van der Waals surface area contributed by atoms with Gasteiger partial charge >= 0.3 is 0 Å². The van der Waals surface area contributed by atoms with E-state index >= 15 is 0 Å². The summed E-state index contributed by atoms with van der Waals surface area (Å²) in [5.41, 5.74) is 3.18. The minimum atomic E-state index is 0.194. The molecule has 6 nitrogen and oxygen atoms in total. The Bertz CT molecular complexity index is 960. The highest BCUT2D eigenvalue weighted by atomic mass is 32.2. The predicted octanol–water partition coefficient (Wildman–Crippen LogP) is 2.81. The van der Waals surface area contributed by atoms with Crippen LogP contribution < -0.4 is 5.32 Å². The summed E-state index contributed by atoms with van der Waals surface area (Å²) in [6, 6.07) is 10.4. The third-order valence-electron chi connectivity index (χ3n) is 5.78. The number of hydrogen-bond acceptors (Lipinski definition) is 6. The van der Waals surface area contributed by atoms with Crippen molar-refractivity contribution in [2.45, 2.75) is 18.9 Å². The first-order chi connectivity index (χ1) is 13.3. The smallest absolute Gasteiger partial charge is 0.158 e. The van der Waals surface area contributed by atoms with Gasteiger partial charge in [0.2, 0.25) is 0 Å². The van der Waals surface area contributed by atoms with Crippen LogP contribution in [0.1, 0.15) is 12.1 Å². The maximum Gasteiger partial charge on any atom is 0.158 e. The summed E-state index contributed by atoms with van der Waals surface area (Å²) in [4.78, 5) is 7.53. The third-order valence-corrected chi connectivity index (χ3v) is 7.01. The Morgan fingerprint density at radius 1 is 1.26 bits per heavy atom. The van der Waals surface area contributed by atoms with Gasteiger partial charge in [-0.2, -0.15) is 16.9 Å². The number of nitrogens with zero attached hydrogens (tertiary/aromatic N) is 4. The molecule has 0 amide bonds. The Morgan fingerprint density at radius 3 is 2.93 bits per heavy atom. The van der Waals surface area contributed by atoms with E-state index in [1.165, 1.54) is 17.9 Å². The molecule has 0 spiro atoms. The van der Waals surface area contributed by atoms with Crippen LogP contribution in [0.5, 0.6) is 0 Å². The number of rotatable bonds is 4. The van der Waals surface area contributed by atoms with Gasteiger partial charge in [-0.05, 0) is 31.2 Å². The van der Waals surface area contributed by atoms with Crippen LogP contribution in [0.4, 0.5) is 5.82 Å². The molecule has 1 aromatic carbocycles. The highest BCUT2D eigenvalue weighted by Crippen LogP contribution is 2.35. The van der Waals surface area contributed by atoms with E-state index in [0.29, 0.717) is 0 Å². The molecule has 1 unspecified atom stereocenters. The lowest BCUT2D eigenvalue weighted by molar-refractivity contribution is -0.00921. The van der Waals surface area contributed by atoms with Crippen LogP contribution in [0.25, 0.3) is 16.6 Å². The summed E-state index contributed by atoms with van der Waals surface area (Å²) in [6.45, 7) is 6.66. The maximum absolute atomic E-state index is 5.58. The summed E-state index contributed by atoms with van der Waals surface area (Å²) in [5.74, 6) is 3.36. The van der Waals surface area contributed by atoms with Gasteiger partial charge < -0.3 is 10.1 Å². The molecule has 2 aliphatic heterocycles. The molecule has 0 saturated carbocycles. The van der Waals surface area contributed by atoms with Crippen molar-refractivity contribution in [1.29, 1.82) is 0 Å². The van der Waals surface area contributed by atoms with Crippen molar-refractivity contribution >= 4 is 34.1 Å². The first-order valence-corrected chi connectivity index (χ1v) is 10.8. The number of fused-ring (bicyclic) bond motifs is 3. The van der Waals surface area contributed by atoms with Crippen LogP contribution in [0.15, 0.2) is 30.3 Å². The molecule has 4 heterocycles. The van der Waals surface area contributed by atoms with Crippen LogP contribution in [0.2, 0.25) is 0 Å². The standard InChI is InChI=1S/C20H25N5OS/c1-15-12-18-22-19(16-4-2-3-5-17(16)25(18)23-15)21-13-20(6-11-27-14-20)24-7-9-26-10-8-24/h2-5,12H,6-11,13-14H2,1H3,(H,21,22). The number of ether oxygens (including phenoxy) is 1. The number of hydrogen-bond donors (Lipinski definition) is 1. The van der Waals surface area contributed by atoms with Gasteiger partial charge in [-0.3, -0.25) is 4.90 Å². The topological polar surface area (TPSA) is 54.7 Å². The number of benzene rings is 1. The highest BCUT2D eigenvalue weighted by Gasteiger charge is 2.40. The summed E-state index contributed by atoms with van der Waals surface area (Å²) in [5, 5.41) is 9.45. The van der Waals surface area contributed by atoms with Gasteiger partial charge in [0.15, 0.2) is 5.65 Å². The molecule has 2 aromatic heterocycles. The Hall–Kier alpha value is -1.83. The van der Waals surface area contributed by atoms with Crippen molar-refractivity contribution in [1.82, 2.24) is 19.5 Å². The normalized spacial score (nSPS) is 24.0. The predicted molar refractivity (Wildman–Crippen MR) is 111 cm³/mol. The SMILES string of the molecule is Cc1cc2nc(NCC3(N4CCOCC4)CCSC3)c3ccccc3n2n1. The first kappa shape index (κ1) is 17.3. The minimum absolute atomic E-state index is 0.194. The van der Waals surface area contributed by atoms with Crippen LogP contribution in [-0.2, 0) is 4.74 Å². The molecule has 0 aliphatic carbocycles. The van der Waals surface area contributed by atoms with Crippen LogP contribution >= 0.6 is 11.8 Å². The number of morpholine rings is 1. The summed E-state index contributed by atoms with van der Waals surface area (Å²) in [6.07, 6.45) is 1.22. The molecular formula is C20H25N5OS. The largest absolute Gasteiger partial charge is 0.379 e. The number of para-hydroxylation sites is 1. The molecule has 1 N–H and O–H groups in total. The van der Waals surface area contributed by atoms with E-state index in [4.69, 9.17) is 9.72 Å². The van der Waals surface area contributed by atoms with Gasteiger partial charge in [-0.1, -0.05) is 12.1 Å². The fraction of sp³-hybridized carbons (Fsp3) is 0.500. The number of aromatic nitrogens is 3. The van der Waals surface area contributed by atoms with Gasteiger partial charge in [0.05, 0.1) is 24.4 Å². The van der Waals surface area contributed by atoms with Gasteiger partial charge in [0.1, 0.15) is 5.82 Å². The Kier molecular flexibility index (Phi) is 4.46. The second-order valence-corrected chi connectivity index (χ2v) is 8.62. The van der Waals surface area contributed by atoms with Gasteiger partial charge in [0, 0.05) is 42.4 Å². The zero-order valence-corrected chi connectivity index (χ0v) is 16.5. The third kappa shape index (κ3) is 3.07. The molecule has 0 radical (unpaired) electrons. The summed E-state index contributed by atoms with van der Waals surface area (Å²) in [7, 11) is 0. The van der Waals surface area contributed by atoms with E-state index in [2.05, 4.69) is 51.3 Å². The van der Waals surface area contributed by atoms with Crippen LogP contribution in [0.3, 0.4) is 0 Å². The minimum Gasteiger partial charge on any atom is -0.379 e. The van der Waals surface area contributed by atoms with Crippen molar-refractivity contribution in [3.05, 3.63) is 36.0 Å². The van der Waals surface area contributed by atoms with E-state index < -0.39 is 0 Å². The first-order valence-electron chi connectivity index (χ1n) is 9.65. The average Bonchev–Trinajstić information content (AvgIpc) is 3.34. The molecule has 2 aliphatic rings. The summed E-state index contributed by atoms with van der Waals surface area (Å²) >= 11 is 2.06. The highest BCUT2D eigenvalue weighted by molar-refractivity contribution is 7.99. The summed E-state index contributed by atoms with van der Waals surface area (Å²) < 4.78 is 7.53. The average molecular weight is 384 g/mol. The maximum atomic E-state index is 5.58. The van der Waals surface area contributed by atoms with Crippen LogP contribution in [-0.4, -0.2) is 69.4 Å². The molecule has 5 rings (SSSR count). The van der Waals surface area contributed by atoms with E-state index in [9.17, 15) is 0 Å². The number of anilines is 1. The van der Waals surface area contributed by atoms with Gasteiger partial charge in [-0.15, -0.1) is 0 Å². The second kappa shape index (κ2) is 6.96. The van der Waals surface area contributed by atoms with Crippen molar-refractivity contribution < 1.29 is 4.74 Å². The molecular weight excluding hydrogens is 358 g/mol. The molecule has 7 heteroatoms. The van der Waals surface area contributed by atoms with Crippen LogP contribution in [0, 0.1) is 6.92 Å². The van der Waals surface area contributed by atoms with E-state index in [-0.39, 0.29) is 5.54 Å². The Labute approximate surface area is 163 Å². The lowest BCUT2D eigenvalue weighted by Crippen LogP contribution is -2.57. The fourth-order valence-electron chi connectivity index (χ4n) is 4.29. The second-order valence-electron chi connectivity index (χ2n) is 7.51. The van der Waals surface area contributed by atoms with Crippen molar-refractivity contribution in [2.75, 3.05) is 49.7 Å². The molecule has 3 aromatic rings. The van der Waals surface area contributed by atoms with E-state index in [1.807, 2.05) is 17.5 Å². The molecule has 27 heavy (non-hydrogen) atoms. The molecule has 1 atom stereocenters. The molecule has 142 valence electrons. The van der Waals surface area contributed by atoms with Crippen molar-refractivity contribution in [3.63, 3.8) is 0 Å². The lowest BCUT2D eigenvalue weighted by atomic mass is 9.95. The van der Waals surface area contributed by atoms with Crippen molar-refractivity contribution in [3.8, 4) is 0 Å². The quantitative estimate of drug-likeness (QED) is 0.748. The zero-order chi connectivity index (χ0) is 18.3. The van der Waals surface area contributed by atoms with Gasteiger partial charge in [-0.25, -0.2) is 9.50 Å². The van der Waals surface area contributed by atoms with E-state index in [1.54, 1.807) is 0 Å². The number of nitrogens with one attached hydrogen (secondary N) is 1. The number of aryl methyl sites for hydroxylation is 1. The Morgan fingerprint density at radius 2 is 2.11 bits per heavy atom. The molecule has 0 bridgehead atoms. The molecule has 2 fully saturated rings. The lowest BCUT2D eigenvalue weighted by Gasteiger charge is -2.43. The monoisotopic (exact) mass is 383 g/mol. The number of thioether (sulfide) groups is 1. The zero-order valence-electron chi connectivity index (χ0n) is 15.6. The van der Waals surface area contributed by atoms with Gasteiger partial charge in [0.25, 0.3) is 0 Å². The van der Waals surface area contributed by atoms with Crippen molar-refractivity contribution in [2.24, 2.45) is 0 Å². The fourth-order valence-corrected chi connectivity index (χ4v) is 5.77. The molecule has 2 saturated heterocycles. The van der Waals surface area contributed by atoms with E-state index in [0.717, 1.165) is 60.9 Å².